The number of aliphatic carboxylic acids is 1. The molecular formula is C14H21NO2. The normalized spacial score (nSPS) is 16.3. The molecule has 3 N–H and O–H groups in total. The lowest BCUT2D eigenvalue weighted by atomic mass is 9.84. The minimum atomic E-state index is -1.17. The van der Waals surface area contributed by atoms with Gasteiger partial charge in [-0.05, 0) is 44.2 Å². The molecule has 0 heterocycles. The summed E-state index contributed by atoms with van der Waals surface area (Å²) >= 11 is 0. The molecule has 0 aromatic heterocycles. The molecule has 1 aromatic carbocycles. The van der Waals surface area contributed by atoms with E-state index >= 15 is 0 Å². The van der Waals surface area contributed by atoms with Crippen molar-refractivity contribution in [2.24, 2.45) is 5.73 Å². The lowest BCUT2D eigenvalue weighted by Gasteiger charge is -2.24. The molecule has 94 valence electrons. The van der Waals surface area contributed by atoms with Crippen molar-refractivity contribution in [3.8, 4) is 0 Å². The number of hydrogen-bond acceptors (Lipinski definition) is 2. The molecule has 17 heavy (non-hydrogen) atoms. The summed E-state index contributed by atoms with van der Waals surface area (Å²) in [6, 6.07) is 6.22. The third-order valence-electron chi connectivity index (χ3n) is 3.18. The maximum absolute atomic E-state index is 11.0. The van der Waals surface area contributed by atoms with Gasteiger partial charge in [0.1, 0.15) is 5.54 Å². The van der Waals surface area contributed by atoms with Crippen molar-refractivity contribution in [1.29, 1.82) is 0 Å². The molecule has 1 rings (SSSR count). The SMILES string of the molecule is Cc1ccc(C(C)CC(C)(N)C(=O)O)c(C)c1. The zero-order valence-electron chi connectivity index (χ0n) is 10.9. The van der Waals surface area contributed by atoms with Crippen LogP contribution < -0.4 is 5.73 Å². The second-order valence-corrected chi connectivity index (χ2v) is 5.19. The lowest BCUT2D eigenvalue weighted by Crippen LogP contribution is -2.45. The van der Waals surface area contributed by atoms with E-state index in [0.717, 1.165) is 0 Å². The van der Waals surface area contributed by atoms with Gasteiger partial charge in [0, 0.05) is 0 Å². The molecule has 0 saturated carbocycles. The number of carbonyl (C=O) groups is 1. The van der Waals surface area contributed by atoms with Gasteiger partial charge >= 0.3 is 5.97 Å². The summed E-state index contributed by atoms with van der Waals surface area (Å²) in [5.74, 6) is -0.809. The molecule has 0 aliphatic heterocycles. The Kier molecular flexibility index (Phi) is 3.94. The fourth-order valence-electron chi connectivity index (χ4n) is 2.21. The third-order valence-corrected chi connectivity index (χ3v) is 3.18. The number of nitrogens with two attached hydrogens (primary N) is 1. The first-order chi connectivity index (χ1) is 7.74. The highest BCUT2D eigenvalue weighted by atomic mass is 16.4. The highest BCUT2D eigenvalue weighted by Gasteiger charge is 2.30. The largest absolute Gasteiger partial charge is 0.480 e. The summed E-state index contributed by atoms with van der Waals surface area (Å²) in [5.41, 5.74) is 8.19. The molecule has 0 spiro atoms. The zero-order valence-corrected chi connectivity index (χ0v) is 10.9. The summed E-state index contributed by atoms with van der Waals surface area (Å²) in [6.07, 6.45) is 0.437. The predicted octanol–water partition coefficient (Wildman–Crippen LogP) is 2.60. The second-order valence-electron chi connectivity index (χ2n) is 5.19. The van der Waals surface area contributed by atoms with E-state index in [4.69, 9.17) is 10.8 Å². The Morgan fingerprint density at radius 2 is 2.06 bits per heavy atom. The number of carboxylic acid groups (broad SMARTS) is 1. The van der Waals surface area contributed by atoms with Gasteiger partial charge < -0.3 is 10.8 Å². The van der Waals surface area contributed by atoms with Gasteiger partial charge in [0.25, 0.3) is 0 Å². The minimum absolute atomic E-state index is 0.140. The first-order valence-corrected chi connectivity index (χ1v) is 5.83. The van der Waals surface area contributed by atoms with Crippen LogP contribution in [0.5, 0.6) is 0 Å². The molecule has 0 saturated heterocycles. The summed E-state index contributed by atoms with van der Waals surface area (Å²) in [6.45, 7) is 7.68. The molecular weight excluding hydrogens is 214 g/mol. The van der Waals surface area contributed by atoms with Gasteiger partial charge in [-0.2, -0.15) is 0 Å². The highest BCUT2D eigenvalue weighted by Crippen LogP contribution is 2.27. The number of hydrogen-bond donors (Lipinski definition) is 2. The standard InChI is InChI=1S/C14H21NO2/c1-9-5-6-12(10(2)7-9)11(3)8-14(4,15)13(16)17/h5-7,11H,8,15H2,1-4H3,(H,16,17). The molecule has 0 bridgehead atoms. The maximum Gasteiger partial charge on any atom is 0.323 e. The van der Waals surface area contributed by atoms with Crippen LogP contribution in [0.4, 0.5) is 0 Å². The second kappa shape index (κ2) is 4.88. The van der Waals surface area contributed by atoms with Crippen molar-refractivity contribution in [1.82, 2.24) is 0 Å². The van der Waals surface area contributed by atoms with E-state index in [2.05, 4.69) is 12.1 Å². The quantitative estimate of drug-likeness (QED) is 0.843. The third kappa shape index (κ3) is 3.30. The van der Waals surface area contributed by atoms with Crippen LogP contribution in [0.25, 0.3) is 0 Å². The topological polar surface area (TPSA) is 63.3 Å². The Balaban J connectivity index is 2.90. The summed E-state index contributed by atoms with van der Waals surface area (Å²) in [7, 11) is 0. The lowest BCUT2D eigenvalue weighted by molar-refractivity contribution is -0.143. The van der Waals surface area contributed by atoms with Crippen LogP contribution in [0.3, 0.4) is 0 Å². The summed E-state index contributed by atoms with van der Waals surface area (Å²) < 4.78 is 0. The van der Waals surface area contributed by atoms with E-state index < -0.39 is 11.5 Å². The van der Waals surface area contributed by atoms with Crippen molar-refractivity contribution in [2.75, 3.05) is 0 Å². The Morgan fingerprint density at radius 1 is 1.47 bits per heavy atom. The summed E-state index contributed by atoms with van der Waals surface area (Å²) in [4.78, 5) is 11.0. The number of carboxylic acids is 1. The van der Waals surface area contributed by atoms with Gasteiger partial charge in [-0.25, -0.2) is 0 Å². The number of benzene rings is 1. The van der Waals surface area contributed by atoms with Crippen molar-refractivity contribution in [3.63, 3.8) is 0 Å². The van der Waals surface area contributed by atoms with Crippen LogP contribution in [0.2, 0.25) is 0 Å². The van der Waals surface area contributed by atoms with E-state index in [1.165, 1.54) is 16.7 Å². The number of rotatable bonds is 4. The van der Waals surface area contributed by atoms with Crippen LogP contribution in [0.1, 0.15) is 42.9 Å². The molecule has 0 amide bonds. The fraction of sp³-hybridized carbons (Fsp3) is 0.500. The average Bonchev–Trinajstić information content (AvgIpc) is 2.15. The molecule has 0 radical (unpaired) electrons. The molecule has 0 aliphatic rings. The van der Waals surface area contributed by atoms with Gasteiger partial charge in [0.15, 0.2) is 0 Å². The van der Waals surface area contributed by atoms with Crippen LogP contribution in [-0.4, -0.2) is 16.6 Å². The van der Waals surface area contributed by atoms with Crippen LogP contribution in [0, 0.1) is 13.8 Å². The van der Waals surface area contributed by atoms with Gasteiger partial charge in [-0.1, -0.05) is 30.7 Å². The van der Waals surface area contributed by atoms with Crippen molar-refractivity contribution >= 4 is 5.97 Å². The molecule has 2 atom stereocenters. The van der Waals surface area contributed by atoms with Crippen LogP contribution in [0.15, 0.2) is 18.2 Å². The Bertz CT molecular complexity index is 424. The summed E-state index contributed by atoms with van der Waals surface area (Å²) in [5, 5.41) is 9.03. The first-order valence-electron chi connectivity index (χ1n) is 5.83. The number of aryl methyl sites for hydroxylation is 2. The Hall–Kier alpha value is -1.35. The van der Waals surface area contributed by atoms with Gasteiger partial charge in [-0.3, -0.25) is 4.79 Å². The smallest absolute Gasteiger partial charge is 0.323 e. The van der Waals surface area contributed by atoms with E-state index in [9.17, 15) is 4.79 Å². The van der Waals surface area contributed by atoms with E-state index in [1.54, 1.807) is 6.92 Å². The minimum Gasteiger partial charge on any atom is -0.480 e. The molecule has 2 unspecified atom stereocenters. The fourth-order valence-corrected chi connectivity index (χ4v) is 2.21. The van der Waals surface area contributed by atoms with Gasteiger partial charge in [0.05, 0.1) is 0 Å². The van der Waals surface area contributed by atoms with Crippen LogP contribution in [-0.2, 0) is 4.79 Å². The molecule has 3 nitrogen and oxygen atoms in total. The highest BCUT2D eigenvalue weighted by molar-refractivity contribution is 5.77. The zero-order chi connectivity index (χ0) is 13.2. The molecule has 0 aliphatic carbocycles. The van der Waals surface area contributed by atoms with E-state index in [-0.39, 0.29) is 5.92 Å². The van der Waals surface area contributed by atoms with Crippen molar-refractivity contribution in [2.45, 2.75) is 45.6 Å². The van der Waals surface area contributed by atoms with Crippen molar-refractivity contribution in [3.05, 3.63) is 34.9 Å². The van der Waals surface area contributed by atoms with Crippen molar-refractivity contribution < 1.29 is 9.90 Å². The predicted molar refractivity (Wildman–Crippen MR) is 69.2 cm³/mol. The van der Waals surface area contributed by atoms with E-state index in [0.29, 0.717) is 6.42 Å². The first kappa shape index (κ1) is 13.7. The van der Waals surface area contributed by atoms with E-state index in [1.807, 2.05) is 26.8 Å². The van der Waals surface area contributed by atoms with Gasteiger partial charge in [-0.15, -0.1) is 0 Å². The van der Waals surface area contributed by atoms with Crippen LogP contribution >= 0.6 is 0 Å². The molecule has 0 fully saturated rings. The Labute approximate surface area is 103 Å². The monoisotopic (exact) mass is 235 g/mol. The van der Waals surface area contributed by atoms with Gasteiger partial charge in [0.2, 0.25) is 0 Å². The molecule has 3 heteroatoms. The maximum atomic E-state index is 11.0. The average molecular weight is 235 g/mol. The Morgan fingerprint density at radius 3 is 2.53 bits per heavy atom. The molecule has 1 aromatic rings.